The molecule has 2 saturated heterocycles. The summed E-state index contributed by atoms with van der Waals surface area (Å²) < 4.78 is 5.92. The SMILES string of the molecule is CCC(OC(=O)[C@@H]1CCCN1C(=O)/C(C)=C/[C@H](C(C)C)N(C)C(=O)[C@@H](NC(=O)[C@H]1CCCCN1C(C)C)C(C)C)c1ccccc1. The molecule has 0 spiro atoms. The average Bonchev–Trinajstić information content (AvgIpc) is 3.54. The lowest BCUT2D eigenvalue weighted by atomic mass is 9.95. The van der Waals surface area contributed by atoms with Crippen LogP contribution in [0.15, 0.2) is 42.0 Å². The highest BCUT2D eigenvalue weighted by Gasteiger charge is 2.38. The lowest BCUT2D eigenvalue weighted by molar-refractivity contribution is -0.157. The average molecular weight is 639 g/mol. The van der Waals surface area contributed by atoms with Gasteiger partial charge in [-0.05, 0) is 76.8 Å². The van der Waals surface area contributed by atoms with Crippen molar-refractivity contribution in [1.82, 2.24) is 20.0 Å². The first-order valence-electron chi connectivity index (χ1n) is 17.4. The Hall–Kier alpha value is -3.20. The van der Waals surface area contributed by atoms with Crippen molar-refractivity contribution in [3.63, 3.8) is 0 Å². The lowest BCUT2D eigenvalue weighted by Crippen LogP contribution is -2.58. The first-order valence-corrected chi connectivity index (χ1v) is 17.4. The molecule has 1 N–H and O–H groups in total. The van der Waals surface area contributed by atoms with Crippen molar-refractivity contribution in [2.24, 2.45) is 11.8 Å². The van der Waals surface area contributed by atoms with Gasteiger partial charge >= 0.3 is 5.97 Å². The van der Waals surface area contributed by atoms with Gasteiger partial charge in [-0.25, -0.2) is 4.79 Å². The fourth-order valence-electron chi connectivity index (χ4n) is 6.82. The largest absolute Gasteiger partial charge is 0.456 e. The Kier molecular flexibility index (Phi) is 13.8. The smallest absolute Gasteiger partial charge is 0.329 e. The molecule has 46 heavy (non-hydrogen) atoms. The van der Waals surface area contributed by atoms with Gasteiger partial charge in [0.2, 0.25) is 17.7 Å². The minimum Gasteiger partial charge on any atom is -0.456 e. The Morgan fingerprint density at radius 2 is 1.59 bits per heavy atom. The Labute approximate surface area is 277 Å². The normalized spacial score (nSPS) is 21.3. The van der Waals surface area contributed by atoms with Gasteiger partial charge in [-0.15, -0.1) is 0 Å². The number of amides is 3. The zero-order valence-electron chi connectivity index (χ0n) is 29.6. The third-order valence-corrected chi connectivity index (χ3v) is 9.56. The molecule has 2 fully saturated rings. The molecule has 2 aliphatic heterocycles. The van der Waals surface area contributed by atoms with E-state index in [2.05, 4.69) is 24.1 Å². The second-order valence-electron chi connectivity index (χ2n) is 14.0. The molecule has 9 nitrogen and oxygen atoms in total. The van der Waals surface area contributed by atoms with Crippen molar-refractivity contribution in [2.75, 3.05) is 20.1 Å². The van der Waals surface area contributed by atoms with Gasteiger partial charge in [0.25, 0.3) is 0 Å². The van der Waals surface area contributed by atoms with Crippen LogP contribution in [0.4, 0.5) is 0 Å². The van der Waals surface area contributed by atoms with Crippen LogP contribution in [0.5, 0.6) is 0 Å². The Bertz CT molecular complexity index is 1210. The molecule has 0 saturated carbocycles. The Morgan fingerprint density at radius 3 is 2.17 bits per heavy atom. The van der Waals surface area contributed by atoms with E-state index in [0.717, 1.165) is 37.8 Å². The molecule has 2 aliphatic rings. The zero-order chi connectivity index (χ0) is 34.1. The first kappa shape index (κ1) is 37.3. The summed E-state index contributed by atoms with van der Waals surface area (Å²) in [5, 5.41) is 3.10. The van der Waals surface area contributed by atoms with Crippen LogP contribution in [0.2, 0.25) is 0 Å². The maximum Gasteiger partial charge on any atom is 0.329 e. The summed E-state index contributed by atoms with van der Waals surface area (Å²) in [6, 6.07) is 7.96. The van der Waals surface area contributed by atoms with Gasteiger partial charge in [-0.3, -0.25) is 19.3 Å². The van der Waals surface area contributed by atoms with Crippen molar-refractivity contribution in [1.29, 1.82) is 0 Å². The predicted octanol–water partition coefficient (Wildman–Crippen LogP) is 5.50. The molecular weight excluding hydrogens is 580 g/mol. The van der Waals surface area contributed by atoms with Crippen molar-refractivity contribution in [3.8, 4) is 0 Å². The number of ether oxygens (including phenoxy) is 1. The first-order chi connectivity index (χ1) is 21.8. The molecule has 1 unspecified atom stereocenters. The van der Waals surface area contributed by atoms with Gasteiger partial charge in [0.1, 0.15) is 18.2 Å². The number of likely N-dealkylation sites (N-methyl/N-ethyl adjacent to an activating group) is 1. The van der Waals surface area contributed by atoms with Crippen LogP contribution < -0.4 is 5.32 Å². The van der Waals surface area contributed by atoms with E-state index in [-0.39, 0.29) is 59.8 Å². The minimum absolute atomic E-state index is 0.00511. The monoisotopic (exact) mass is 638 g/mol. The maximum atomic E-state index is 14.0. The summed E-state index contributed by atoms with van der Waals surface area (Å²) in [5.41, 5.74) is 1.41. The van der Waals surface area contributed by atoms with Crippen LogP contribution in [0.3, 0.4) is 0 Å². The minimum atomic E-state index is -0.687. The van der Waals surface area contributed by atoms with Gasteiger partial charge in [0.15, 0.2) is 0 Å². The predicted molar refractivity (Wildman–Crippen MR) is 182 cm³/mol. The van der Waals surface area contributed by atoms with E-state index < -0.39 is 12.1 Å². The van der Waals surface area contributed by atoms with E-state index in [9.17, 15) is 19.2 Å². The van der Waals surface area contributed by atoms with E-state index in [1.165, 1.54) is 0 Å². The number of likely N-dealkylation sites (tertiary alicyclic amines) is 2. The number of nitrogens with zero attached hydrogens (tertiary/aromatic N) is 3. The van der Waals surface area contributed by atoms with E-state index in [1.54, 1.807) is 23.8 Å². The lowest BCUT2D eigenvalue weighted by Gasteiger charge is -2.39. The highest BCUT2D eigenvalue weighted by atomic mass is 16.5. The molecule has 0 radical (unpaired) electrons. The molecule has 1 aromatic carbocycles. The molecule has 0 aliphatic carbocycles. The summed E-state index contributed by atoms with van der Waals surface area (Å²) in [5.74, 6) is -0.995. The number of benzene rings is 1. The molecule has 0 aromatic heterocycles. The number of carbonyl (C=O) groups is 4. The van der Waals surface area contributed by atoms with Crippen molar-refractivity contribution < 1.29 is 23.9 Å². The maximum absolute atomic E-state index is 14.0. The van der Waals surface area contributed by atoms with Gasteiger partial charge in [0.05, 0.1) is 12.1 Å². The number of piperidine rings is 1. The second-order valence-corrected chi connectivity index (χ2v) is 14.0. The Balaban J connectivity index is 1.74. The van der Waals surface area contributed by atoms with Gasteiger partial charge in [-0.2, -0.15) is 0 Å². The quantitative estimate of drug-likeness (QED) is 0.226. The molecule has 3 amide bonds. The van der Waals surface area contributed by atoms with Crippen LogP contribution >= 0.6 is 0 Å². The molecular formula is C37H58N4O5. The molecule has 256 valence electrons. The molecule has 1 aromatic rings. The van der Waals surface area contributed by atoms with E-state index >= 15 is 0 Å². The van der Waals surface area contributed by atoms with Crippen molar-refractivity contribution in [3.05, 3.63) is 47.5 Å². The second kappa shape index (κ2) is 17.1. The number of hydrogen-bond acceptors (Lipinski definition) is 6. The van der Waals surface area contributed by atoms with Gasteiger partial charge in [-0.1, -0.05) is 77.4 Å². The third-order valence-electron chi connectivity index (χ3n) is 9.56. The fraction of sp³-hybridized carbons (Fsp3) is 0.676. The standard InChI is InChI=1S/C37H58N4O5/c1-10-32(28-17-12-11-13-18-28)46-37(45)30-20-16-22-41(30)35(43)27(8)23-31(24(2)3)39(9)36(44)33(25(4)5)38-34(42)29-19-14-15-21-40(29)26(6)7/h11-13,17-18,23-26,29-33H,10,14-16,19-22H2,1-9H3,(H,38,42)/b27-23+/t29-,30+,31-,32?,33+/m1/s1. The van der Waals surface area contributed by atoms with E-state index in [0.29, 0.717) is 25.0 Å². The molecule has 9 heteroatoms. The van der Waals surface area contributed by atoms with Crippen LogP contribution in [0, 0.1) is 11.8 Å². The summed E-state index contributed by atoms with van der Waals surface area (Å²) in [6.07, 6.45) is 6.24. The van der Waals surface area contributed by atoms with Gasteiger partial charge in [0, 0.05) is 25.2 Å². The Morgan fingerprint density at radius 1 is 0.935 bits per heavy atom. The molecule has 5 atom stereocenters. The number of carbonyl (C=O) groups excluding carboxylic acids is 4. The fourth-order valence-corrected chi connectivity index (χ4v) is 6.82. The van der Waals surface area contributed by atoms with Crippen molar-refractivity contribution >= 4 is 23.7 Å². The van der Waals surface area contributed by atoms with Gasteiger partial charge < -0.3 is 19.9 Å². The summed E-state index contributed by atoms with van der Waals surface area (Å²) in [7, 11) is 1.74. The molecule has 2 heterocycles. The summed E-state index contributed by atoms with van der Waals surface area (Å²) >= 11 is 0. The third kappa shape index (κ3) is 9.20. The van der Waals surface area contributed by atoms with Crippen LogP contribution in [0.25, 0.3) is 0 Å². The summed E-state index contributed by atoms with van der Waals surface area (Å²) in [6.45, 7) is 17.2. The summed E-state index contributed by atoms with van der Waals surface area (Å²) in [4.78, 5) is 60.1. The number of rotatable bonds is 13. The van der Waals surface area contributed by atoms with E-state index in [1.807, 2.05) is 71.0 Å². The molecule has 0 bridgehead atoms. The van der Waals surface area contributed by atoms with E-state index in [4.69, 9.17) is 4.74 Å². The van der Waals surface area contributed by atoms with Crippen molar-refractivity contribution in [2.45, 2.75) is 130 Å². The zero-order valence-corrected chi connectivity index (χ0v) is 29.6. The van der Waals surface area contributed by atoms with Crippen LogP contribution in [-0.4, -0.2) is 88.7 Å². The topological polar surface area (TPSA) is 99.3 Å². The highest BCUT2D eigenvalue weighted by Crippen LogP contribution is 2.27. The van der Waals surface area contributed by atoms with Crippen LogP contribution in [0.1, 0.15) is 106 Å². The number of esters is 1. The highest BCUT2D eigenvalue weighted by molar-refractivity contribution is 5.96. The number of nitrogens with one attached hydrogen (secondary N) is 1. The molecule has 3 rings (SSSR count). The number of hydrogen-bond donors (Lipinski definition) is 1. The van der Waals surface area contributed by atoms with Crippen LogP contribution in [-0.2, 0) is 23.9 Å².